The van der Waals surface area contributed by atoms with E-state index in [1.165, 1.54) is 11.9 Å². The molecule has 0 spiro atoms. The molecule has 1 fully saturated rings. The van der Waals surface area contributed by atoms with Crippen LogP contribution in [-0.4, -0.2) is 34.9 Å². The van der Waals surface area contributed by atoms with Gasteiger partial charge in [0.2, 0.25) is 5.91 Å². The summed E-state index contributed by atoms with van der Waals surface area (Å²) in [6.45, 7) is 0. The summed E-state index contributed by atoms with van der Waals surface area (Å²) in [6.07, 6.45) is -0.104. The van der Waals surface area contributed by atoms with Crippen molar-refractivity contribution in [2.75, 3.05) is 11.9 Å². The predicted molar refractivity (Wildman–Crippen MR) is 60.9 cm³/mol. The molecule has 1 saturated heterocycles. The van der Waals surface area contributed by atoms with Crippen molar-refractivity contribution in [2.24, 2.45) is 5.16 Å². The van der Waals surface area contributed by atoms with Gasteiger partial charge in [-0.25, -0.2) is 9.69 Å². The van der Waals surface area contributed by atoms with Gasteiger partial charge in [-0.05, 0) is 12.1 Å². The number of anilines is 1. The van der Waals surface area contributed by atoms with E-state index in [1.807, 2.05) is 6.07 Å². The fourth-order valence-electron chi connectivity index (χ4n) is 1.62. The minimum Gasteiger partial charge on any atom is -0.409 e. The molecule has 3 amide bonds. The average molecular weight is 233 g/mol. The molecule has 0 aromatic heterocycles. The van der Waals surface area contributed by atoms with E-state index in [9.17, 15) is 9.59 Å². The smallest absolute Gasteiger partial charge is 0.336 e. The Morgan fingerprint density at radius 1 is 1.24 bits per heavy atom. The van der Waals surface area contributed by atoms with Gasteiger partial charge in [-0.3, -0.25) is 9.69 Å². The van der Waals surface area contributed by atoms with E-state index >= 15 is 0 Å². The van der Waals surface area contributed by atoms with E-state index in [2.05, 4.69) is 5.16 Å². The van der Waals surface area contributed by atoms with Crippen LogP contribution in [0.4, 0.5) is 10.5 Å². The van der Waals surface area contributed by atoms with Crippen molar-refractivity contribution in [1.29, 1.82) is 0 Å². The number of benzene rings is 1. The molecule has 1 N–H and O–H groups in total. The first-order valence-electron chi connectivity index (χ1n) is 5.01. The molecule has 88 valence electrons. The number of rotatable bonds is 1. The lowest BCUT2D eigenvalue weighted by Gasteiger charge is -2.31. The van der Waals surface area contributed by atoms with Crippen molar-refractivity contribution >= 4 is 23.5 Å². The molecule has 6 heteroatoms. The summed E-state index contributed by atoms with van der Waals surface area (Å²) < 4.78 is 0. The second kappa shape index (κ2) is 4.25. The van der Waals surface area contributed by atoms with Crippen molar-refractivity contribution < 1.29 is 14.8 Å². The van der Waals surface area contributed by atoms with Crippen LogP contribution in [0.25, 0.3) is 0 Å². The number of carbonyl (C=O) groups excluding carboxylic acids is 2. The highest BCUT2D eigenvalue weighted by Gasteiger charge is 2.35. The molecule has 1 aromatic rings. The highest BCUT2D eigenvalue weighted by atomic mass is 16.4. The number of para-hydroxylation sites is 1. The number of imide groups is 1. The molecular weight excluding hydrogens is 222 g/mol. The quantitative estimate of drug-likeness (QED) is 0.586. The van der Waals surface area contributed by atoms with Gasteiger partial charge in [0, 0.05) is 7.05 Å². The van der Waals surface area contributed by atoms with Gasteiger partial charge in [0.1, 0.15) is 0 Å². The molecule has 0 bridgehead atoms. The molecule has 6 nitrogen and oxygen atoms in total. The van der Waals surface area contributed by atoms with Crippen LogP contribution in [-0.2, 0) is 4.79 Å². The molecule has 0 atom stereocenters. The molecule has 0 saturated carbocycles. The van der Waals surface area contributed by atoms with Crippen LogP contribution in [0.1, 0.15) is 6.42 Å². The summed E-state index contributed by atoms with van der Waals surface area (Å²) >= 11 is 0. The van der Waals surface area contributed by atoms with E-state index in [0.717, 1.165) is 4.90 Å². The minimum absolute atomic E-state index is 0.0318. The number of urea groups is 1. The maximum Gasteiger partial charge on any atom is 0.336 e. The molecule has 1 heterocycles. The predicted octanol–water partition coefficient (Wildman–Crippen LogP) is 1.26. The first-order valence-corrected chi connectivity index (χ1v) is 5.01. The Morgan fingerprint density at radius 3 is 2.47 bits per heavy atom. The Kier molecular flexibility index (Phi) is 2.78. The lowest BCUT2D eigenvalue weighted by atomic mass is 10.2. The molecular formula is C11H11N3O3. The summed E-state index contributed by atoms with van der Waals surface area (Å²) in [4.78, 5) is 25.6. The molecule has 1 aliphatic heterocycles. The number of hydrogen-bond donors (Lipinski definition) is 1. The average Bonchev–Trinajstić information content (AvgIpc) is 2.36. The standard InChI is InChI=1S/C11H11N3O3/c1-13-10(15)7-9(12-17)14(11(13)16)8-5-3-2-4-6-8/h2-6,17H,7H2,1H3. The van der Waals surface area contributed by atoms with E-state index in [4.69, 9.17) is 5.21 Å². The molecule has 1 aromatic carbocycles. The number of oxime groups is 1. The van der Waals surface area contributed by atoms with Gasteiger partial charge in [0.15, 0.2) is 5.84 Å². The van der Waals surface area contributed by atoms with E-state index < -0.39 is 11.9 Å². The minimum atomic E-state index is -0.528. The normalized spacial score (nSPS) is 19.0. The zero-order valence-corrected chi connectivity index (χ0v) is 9.20. The maximum atomic E-state index is 11.9. The van der Waals surface area contributed by atoms with Crippen molar-refractivity contribution in [1.82, 2.24) is 4.90 Å². The monoisotopic (exact) mass is 233 g/mol. The largest absolute Gasteiger partial charge is 0.409 e. The van der Waals surface area contributed by atoms with Gasteiger partial charge in [0.25, 0.3) is 0 Å². The number of amidine groups is 1. The Bertz CT molecular complexity index is 484. The lowest BCUT2D eigenvalue weighted by Crippen LogP contribution is -2.53. The summed E-state index contributed by atoms with van der Waals surface area (Å²) in [6, 6.07) is 8.20. The molecule has 0 aliphatic carbocycles. The first-order chi connectivity index (χ1) is 8.15. The number of carbonyl (C=O) groups is 2. The second-order valence-corrected chi connectivity index (χ2v) is 3.60. The molecule has 2 rings (SSSR count). The van der Waals surface area contributed by atoms with Gasteiger partial charge < -0.3 is 5.21 Å². The fraction of sp³-hybridized carbons (Fsp3) is 0.182. The van der Waals surface area contributed by atoms with Crippen LogP contribution in [0.2, 0.25) is 0 Å². The SMILES string of the molecule is CN1C(=O)CC(=NO)N(c2ccccc2)C1=O. The third kappa shape index (κ3) is 1.84. The third-order valence-electron chi connectivity index (χ3n) is 2.55. The Labute approximate surface area is 97.7 Å². The first kappa shape index (κ1) is 11.1. The summed E-state index contributed by atoms with van der Waals surface area (Å²) in [7, 11) is 1.40. The summed E-state index contributed by atoms with van der Waals surface area (Å²) in [5.74, 6) is -0.362. The molecule has 0 radical (unpaired) electrons. The Hall–Kier alpha value is -2.37. The zero-order chi connectivity index (χ0) is 12.4. The third-order valence-corrected chi connectivity index (χ3v) is 2.55. The number of amides is 3. The van der Waals surface area contributed by atoms with Crippen LogP contribution in [0.5, 0.6) is 0 Å². The van der Waals surface area contributed by atoms with Gasteiger partial charge in [0.05, 0.1) is 12.1 Å². The Balaban J connectivity index is 2.43. The topological polar surface area (TPSA) is 73.2 Å². The van der Waals surface area contributed by atoms with Crippen LogP contribution < -0.4 is 4.90 Å². The van der Waals surface area contributed by atoms with Crippen LogP contribution in [0.3, 0.4) is 0 Å². The number of hydrogen-bond acceptors (Lipinski definition) is 4. The maximum absolute atomic E-state index is 11.9. The number of nitrogens with zero attached hydrogens (tertiary/aromatic N) is 3. The van der Waals surface area contributed by atoms with Crippen molar-refractivity contribution in [3.8, 4) is 0 Å². The zero-order valence-electron chi connectivity index (χ0n) is 9.20. The summed E-state index contributed by atoms with van der Waals surface area (Å²) in [5, 5.41) is 11.9. The van der Waals surface area contributed by atoms with Crippen LogP contribution >= 0.6 is 0 Å². The van der Waals surface area contributed by atoms with Crippen molar-refractivity contribution in [3.05, 3.63) is 30.3 Å². The molecule has 17 heavy (non-hydrogen) atoms. The Morgan fingerprint density at radius 2 is 1.88 bits per heavy atom. The van der Waals surface area contributed by atoms with Crippen molar-refractivity contribution in [3.63, 3.8) is 0 Å². The lowest BCUT2D eigenvalue weighted by molar-refractivity contribution is -0.126. The fourth-order valence-corrected chi connectivity index (χ4v) is 1.62. The second-order valence-electron chi connectivity index (χ2n) is 3.60. The van der Waals surface area contributed by atoms with Gasteiger partial charge >= 0.3 is 6.03 Å². The van der Waals surface area contributed by atoms with Gasteiger partial charge in [-0.1, -0.05) is 23.4 Å². The van der Waals surface area contributed by atoms with Crippen LogP contribution in [0, 0.1) is 0 Å². The van der Waals surface area contributed by atoms with Crippen molar-refractivity contribution in [2.45, 2.75) is 6.42 Å². The molecule has 1 aliphatic rings. The highest BCUT2D eigenvalue weighted by molar-refractivity contribution is 6.27. The van der Waals surface area contributed by atoms with E-state index in [-0.39, 0.29) is 12.3 Å². The highest BCUT2D eigenvalue weighted by Crippen LogP contribution is 2.21. The van der Waals surface area contributed by atoms with Gasteiger partial charge in [-0.2, -0.15) is 0 Å². The molecule has 0 unspecified atom stereocenters. The van der Waals surface area contributed by atoms with E-state index in [1.54, 1.807) is 24.3 Å². The van der Waals surface area contributed by atoms with Gasteiger partial charge in [-0.15, -0.1) is 0 Å². The summed E-state index contributed by atoms with van der Waals surface area (Å²) in [5.41, 5.74) is 0.560. The van der Waals surface area contributed by atoms with Crippen LogP contribution in [0.15, 0.2) is 35.5 Å². The van der Waals surface area contributed by atoms with E-state index in [0.29, 0.717) is 5.69 Å².